The summed E-state index contributed by atoms with van der Waals surface area (Å²) in [5, 5.41) is 15.5. The molecule has 1 heterocycles. The van der Waals surface area contributed by atoms with Crippen molar-refractivity contribution in [3.63, 3.8) is 0 Å². The summed E-state index contributed by atoms with van der Waals surface area (Å²) in [6.45, 7) is 8.54. The third-order valence-corrected chi connectivity index (χ3v) is 3.54. The summed E-state index contributed by atoms with van der Waals surface area (Å²) < 4.78 is 1.97. The molecule has 2 rings (SSSR count). The number of tetrazole rings is 1. The molecule has 1 aliphatic rings. The Morgan fingerprint density at radius 2 is 2.18 bits per heavy atom. The van der Waals surface area contributed by atoms with Gasteiger partial charge in [0, 0.05) is 6.54 Å². The Balaban J connectivity index is 1.94. The molecule has 0 spiro atoms. The predicted octanol–water partition coefficient (Wildman–Crippen LogP) is 1.78. The van der Waals surface area contributed by atoms with Crippen LogP contribution < -0.4 is 5.32 Å². The van der Waals surface area contributed by atoms with Gasteiger partial charge in [-0.05, 0) is 55.0 Å². The molecule has 1 saturated carbocycles. The van der Waals surface area contributed by atoms with E-state index in [1.165, 1.54) is 12.8 Å². The molecule has 0 bridgehead atoms. The molecule has 1 aromatic heterocycles. The minimum absolute atomic E-state index is 0.233. The van der Waals surface area contributed by atoms with Crippen molar-refractivity contribution in [1.29, 1.82) is 0 Å². The Kier molecular flexibility index (Phi) is 4.10. The first-order valence-electron chi connectivity index (χ1n) is 6.71. The Morgan fingerprint density at radius 1 is 1.41 bits per heavy atom. The molecular formula is C12H23N5. The lowest BCUT2D eigenvalue weighted by Crippen LogP contribution is -2.24. The third kappa shape index (κ3) is 3.25. The van der Waals surface area contributed by atoms with Gasteiger partial charge in [0.2, 0.25) is 0 Å². The van der Waals surface area contributed by atoms with E-state index in [4.69, 9.17) is 0 Å². The highest BCUT2D eigenvalue weighted by Gasteiger charge is 2.29. The van der Waals surface area contributed by atoms with Gasteiger partial charge in [-0.3, -0.25) is 0 Å². The van der Waals surface area contributed by atoms with Crippen molar-refractivity contribution < 1.29 is 0 Å². The van der Waals surface area contributed by atoms with Crippen LogP contribution >= 0.6 is 0 Å². The number of hydrogen-bond acceptors (Lipinski definition) is 4. The number of nitrogens with one attached hydrogen (secondary N) is 1. The van der Waals surface area contributed by atoms with Gasteiger partial charge in [0.1, 0.15) is 0 Å². The summed E-state index contributed by atoms with van der Waals surface area (Å²) in [5.74, 6) is 2.55. The standard InChI is InChI=1S/C12H23N5/c1-4-7-13-10(3)12-14-15-16-17(12)8-9(2)11-5-6-11/h9-11,13H,4-8H2,1-3H3. The maximum Gasteiger partial charge on any atom is 0.167 e. The fraction of sp³-hybridized carbons (Fsp3) is 0.917. The zero-order valence-electron chi connectivity index (χ0n) is 11.1. The van der Waals surface area contributed by atoms with Gasteiger partial charge in [0.05, 0.1) is 6.04 Å². The van der Waals surface area contributed by atoms with Crippen LogP contribution in [0, 0.1) is 11.8 Å². The van der Waals surface area contributed by atoms with E-state index in [0.29, 0.717) is 5.92 Å². The van der Waals surface area contributed by atoms with Crippen molar-refractivity contribution in [2.24, 2.45) is 11.8 Å². The molecular weight excluding hydrogens is 214 g/mol. The topological polar surface area (TPSA) is 55.6 Å². The lowest BCUT2D eigenvalue weighted by Gasteiger charge is -2.15. The highest BCUT2D eigenvalue weighted by molar-refractivity contribution is 4.90. The molecule has 1 N–H and O–H groups in total. The van der Waals surface area contributed by atoms with E-state index < -0.39 is 0 Å². The van der Waals surface area contributed by atoms with Gasteiger partial charge in [-0.1, -0.05) is 13.8 Å². The van der Waals surface area contributed by atoms with Crippen LogP contribution in [0.5, 0.6) is 0 Å². The maximum absolute atomic E-state index is 4.14. The summed E-state index contributed by atoms with van der Waals surface area (Å²) in [4.78, 5) is 0. The Labute approximate surface area is 103 Å². The average molecular weight is 237 g/mol. The van der Waals surface area contributed by atoms with Gasteiger partial charge in [-0.15, -0.1) is 5.10 Å². The molecule has 1 fully saturated rings. The first-order valence-corrected chi connectivity index (χ1v) is 6.71. The van der Waals surface area contributed by atoms with E-state index >= 15 is 0 Å². The van der Waals surface area contributed by atoms with Gasteiger partial charge < -0.3 is 5.32 Å². The number of aromatic nitrogens is 4. The van der Waals surface area contributed by atoms with E-state index in [9.17, 15) is 0 Å². The summed E-state index contributed by atoms with van der Waals surface area (Å²) >= 11 is 0. The average Bonchev–Trinajstić information content (AvgIpc) is 3.07. The zero-order chi connectivity index (χ0) is 12.3. The van der Waals surface area contributed by atoms with Gasteiger partial charge in [0.15, 0.2) is 5.82 Å². The second-order valence-corrected chi connectivity index (χ2v) is 5.21. The molecule has 0 radical (unpaired) electrons. The fourth-order valence-corrected chi connectivity index (χ4v) is 2.19. The molecule has 0 aliphatic heterocycles. The lowest BCUT2D eigenvalue weighted by atomic mass is 10.1. The molecule has 5 heteroatoms. The normalized spacial score (nSPS) is 19.2. The van der Waals surface area contributed by atoms with E-state index in [1.807, 2.05) is 4.68 Å². The van der Waals surface area contributed by atoms with Gasteiger partial charge in [-0.25, -0.2) is 4.68 Å². The second-order valence-electron chi connectivity index (χ2n) is 5.21. The zero-order valence-corrected chi connectivity index (χ0v) is 11.1. The van der Waals surface area contributed by atoms with Gasteiger partial charge >= 0.3 is 0 Å². The molecule has 0 saturated heterocycles. The molecule has 2 unspecified atom stereocenters. The summed E-state index contributed by atoms with van der Waals surface area (Å²) in [5.41, 5.74) is 0. The molecule has 1 aromatic rings. The van der Waals surface area contributed by atoms with Crippen molar-refractivity contribution in [3.05, 3.63) is 5.82 Å². The first-order chi connectivity index (χ1) is 8.22. The quantitative estimate of drug-likeness (QED) is 0.785. The van der Waals surface area contributed by atoms with Crippen LogP contribution in [0.3, 0.4) is 0 Å². The number of hydrogen-bond donors (Lipinski definition) is 1. The molecule has 96 valence electrons. The highest BCUT2D eigenvalue weighted by atomic mass is 15.5. The van der Waals surface area contributed by atoms with Crippen LogP contribution in [0.4, 0.5) is 0 Å². The van der Waals surface area contributed by atoms with Crippen LogP contribution in [0.15, 0.2) is 0 Å². The Morgan fingerprint density at radius 3 is 2.82 bits per heavy atom. The Bertz CT molecular complexity index is 344. The molecule has 5 nitrogen and oxygen atoms in total. The summed E-state index contributed by atoms with van der Waals surface area (Å²) in [6, 6.07) is 0.233. The molecule has 2 atom stereocenters. The van der Waals surface area contributed by atoms with Crippen molar-refractivity contribution in [1.82, 2.24) is 25.5 Å². The minimum atomic E-state index is 0.233. The second kappa shape index (κ2) is 5.58. The number of nitrogens with zero attached hydrogens (tertiary/aromatic N) is 4. The van der Waals surface area contributed by atoms with Crippen LogP contribution in [0.25, 0.3) is 0 Å². The summed E-state index contributed by atoms with van der Waals surface area (Å²) in [6.07, 6.45) is 3.88. The number of rotatable bonds is 7. The lowest BCUT2D eigenvalue weighted by molar-refractivity contribution is 0.379. The van der Waals surface area contributed by atoms with Crippen LogP contribution in [0.2, 0.25) is 0 Å². The monoisotopic (exact) mass is 237 g/mol. The molecule has 0 aromatic carbocycles. The van der Waals surface area contributed by atoms with Crippen LogP contribution in [-0.4, -0.2) is 26.8 Å². The fourth-order valence-electron chi connectivity index (χ4n) is 2.19. The predicted molar refractivity (Wildman–Crippen MR) is 66.4 cm³/mol. The van der Waals surface area contributed by atoms with Gasteiger partial charge in [0.25, 0.3) is 0 Å². The maximum atomic E-state index is 4.14. The van der Waals surface area contributed by atoms with E-state index in [0.717, 1.165) is 31.3 Å². The largest absolute Gasteiger partial charge is 0.307 e. The smallest absolute Gasteiger partial charge is 0.167 e. The first kappa shape index (κ1) is 12.5. The Hall–Kier alpha value is -0.970. The summed E-state index contributed by atoms with van der Waals surface area (Å²) in [7, 11) is 0. The van der Waals surface area contributed by atoms with Gasteiger partial charge in [-0.2, -0.15) is 0 Å². The van der Waals surface area contributed by atoms with Crippen LogP contribution in [0.1, 0.15) is 51.9 Å². The van der Waals surface area contributed by atoms with E-state index in [2.05, 4.69) is 41.6 Å². The van der Waals surface area contributed by atoms with Crippen molar-refractivity contribution in [3.8, 4) is 0 Å². The minimum Gasteiger partial charge on any atom is -0.307 e. The van der Waals surface area contributed by atoms with Crippen molar-refractivity contribution >= 4 is 0 Å². The van der Waals surface area contributed by atoms with Crippen molar-refractivity contribution in [2.75, 3.05) is 6.54 Å². The van der Waals surface area contributed by atoms with E-state index in [1.54, 1.807) is 0 Å². The SMILES string of the molecule is CCCNC(C)c1nnnn1CC(C)C1CC1. The highest BCUT2D eigenvalue weighted by Crippen LogP contribution is 2.37. The molecule has 17 heavy (non-hydrogen) atoms. The third-order valence-electron chi connectivity index (χ3n) is 3.54. The molecule has 1 aliphatic carbocycles. The van der Waals surface area contributed by atoms with Crippen LogP contribution in [-0.2, 0) is 6.54 Å². The molecule has 0 amide bonds. The van der Waals surface area contributed by atoms with Crippen molar-refractivity contribution in [2.45, 2.75) is 52.6 Å². The van der Waals surface area contributed by atoms with E-state index in [-0.39, 0.29) is 6.04 Å².